The minimum atomic E-state index is -1.49. The number of aromatic nitrogens is 3. The van der Waals surface area contributed by atoms with Crippen molar-refractivity contribution >= 4 is 5.91 Å². The van der Waals surface area contributed by atoms with Gasteiger partial charge in [0.05, 0.1) is 36.3 Å². The molecule has 1 aromatic carbocycles. The number of methoxy groups -OCH3 is 1. The molecule has 3 aromatic rings. The molecule has 2 aliphatic rings. The Labute approximate surface area is 189 Å². The summed E-state index contributed by atoms with van der Waals surface area (Å²) in [5.41, 5.74) is 3.55. The van der Waals surface area contributed by atoms with Crippen LogP contribution in [0.1, 0.15) is 52.5 Å². The van der Waals surface area contributed by atoms with Crippen LogP contribution in [0.3, 0.4) is 0 Å². The summed E-state index contributed by atoms with van der Waals surface area (Å²) in [5, 5.41) is 4.66. The molecule has 4 heterocycles. The highest BCUT2D eigenvalue weighted by Crippen LogP contribution is 2.45. The zero-order chi connectivity index (χ0) is 23.4. The number of benzene rings is 1. The number of amides is 1. The molecule has 172 valence electrons. The molecule has 2 aliphatic heterocycles. The minimum Gasteiger partial charge on any atom is -0.495 e. The SMILES string of the molecule is COc1cncc(C(=O)N2C3CCC[C@H]2c2nn(C)c(-c4cc(F)c(F)c(F)c4)c2C3)c1C. The Kier molecular flexibility index (Phi) is 5.14. The number of fused-ring (bicyclic) bond motifs is 4. The summed E-state index contributed by atoms with van der Waals surface area (Å²) in [6, 6.07) is 1.64. The van der Waals surface area contributed by atoms with Crippen molar-refractivity contribution in [2.24, 2.45) is 7.05 Å². The lowest BCUT2D eigenvalue weighted by Crippen LogP contribution is -2.50. The number of hydrogen-bond donors (Lipinski definition) is 0. The third kappa shape index (κ3) is 3.29. The van der Waals surface area contributed by atoms with Crippen molar-refractivity contribution in [3.63, 3.8) is 0 Å². The number of carbonyl (C=O) groups excluding carboxylic acids is 1. The first-order chi connectivity index (χ1) is 15.8. The van der Waals surface area contributed by atoms with Crippen LogP contribution < -0.4 is 4.74 Å². The van der Waals surface area contributed by atoms with Crippen LogP contribution in [-0.2, 0) is 13.5 Å². The van der Waals surface area contributed by atoms with Gasteiger partial charge in [-0.3, -0.25) is 14.5 Å². The van der Waals surface area contributed by atoms with Gasteiger partial charge in [-0.25, -0.2) is 13.2 Å². The predicted molar refractivity (Wildman–Crippen MR) is 114 cm³/mol. The van der Waals surface area contributed by atoms with Crippen molar-refractivity contribution in [1.82, 2.24) is 19.7 Å². The van der Waals surface area contributed by atoms with Gasteiger partial charge in [0.15, 0.2) is 17.5 Å². The van der Waals surface area contributed by atoms with E-state index >= 15 is 0 Å². The number of carbonyl (C=O) groups is 1. The highest BCUT2D eigenvalue weighted by molar-refractivity contribution is 5.96. The minimum absolute atomic E-state index is 0.0903. The summed E-state index contributed by atoms with van der Waals surface area (Å²) in [4.78, 5) is 19.7. The van der Waals surface area contributed by atoms with Gasteiger partial charge >= 0.3 is 0 Å². The molecule has 0 saturated carbocycles. The molecule has 0 aliphatic carbocycles. The molecule has 0 spiro atoms. The number of nitrogens with zero attached hydrogens (tertiary/aromatic N) is 4. The summed E-state index contributed by atoms with van der Waals surface area (Å²) in [5.74, 6) is -3.57. The summed E-state index contributed by atoms with van der Waals surface area (Å²) < 4.78 is 48.4. The van der Waals surface area contributed by atoms with Gasteiger partial charge in [0.2, 0.25) is 0 Å². The van der Waals surface area contributed by atoms with Crippen LogP contribution in [-0.4, -0.2) is 38.7 Å². The molecule has 2 bridgehead atoms. The molecule has 5 rings (SSSR count). The van der Waals surface area contributed by atoms with Gasteiger partial charge in [0, 0.05) is 36.0 Å². The van der Waals surface area contributed by atoms with Crippen LogP contribution >= 0.6 is 0 Å². The molecule has 1 unspecified atom stereocenters. The van der Waals surface area contributed by atoms with E-state index < -0.39 is 17.5 Å². The lowest BCUT2D eigenvalue weighted by molar-refractivity contribution is 0.0390. The third-order valence-corrected chi connectivity index (χ3v) is 6.79. The maximum Gasteiger partial charge on any atom is 0.256 e. The predicted octanol–water partition coefficient (Wildman–Crippen LogP) is 4.51. The normalized spacial score (nSPS) is 19.4. The van der Waals surface area contributed by atoms with E-state index in [1.807, 2.05) is 11.8 Å². The van der Waals surface area contributed by atoms with Gasteiger partial charge in [-0.1, -0.05) is 0 Å². The summed E-state index contributed by atoms with van der Waals surface area (Å²) in [7, 11) is 3.23. The van der Waals surface area contributed by atoms with Crippen molar-refractivity contribution < 1.29 is 22.7 Å². The maximum atomic E-state index is 14.0. The van der Waals surface area contributed by atoms with Gasteiger partial charge in [-0.15, -0.1) is 0 Å². The third-order valence-electron chi connectivity index (χ3n) is 6.79. The average Bonchev–Trinajstić information content (AvgIpc) is 3.12. The van der Waals surface area contributed by atoms with Gasteiger partial charge in [0.25, 0.3) is 5.91 Å². The summed E-state index contributed by atoms with van der Waals surface area (Å²) >= 11 is 0. The molecular weight excluding hydrogens is 433 g/mol. The van der Waals surface area contributed by atoms with E-state index in [0.717, 1.165) is 48.2 Å². The van der Waals surface area contributed by atoms with Crippen molar-refractivity contribution in [3.05, 3.63) is 64.4 Å². The fraction of sp³-hybridized carbons (Fsp3) is 0.375. The molecule has 1 amide bonds. The maximum absolute atomic E-state index is 14.0. The second-order valence-corrected chi connectivity index (χ2v) is 8.62. The first-order valence-corrected chi connectivity index (χ1v) is 10.8. The van der Waals surface area contributed by atoms with Crippen LogP contribution in [0, 0.1) is 24.4 Å². The van der Waals surface area contributed by atoms with E-state index in [2.05, 4.69) is 10.1 Å². The number of halogens is 3. The Morgan fingerprint density at radius 2 is 1.88 bits per heavy atom. The van der Waals surface area contributed by atoms with Crippen molar-refractivity contribution in [2.75, 3.05) is 7.11 Å². The molecule has 2 aromatic heterocycles. The number of hydrogen-bond acceptors (Lipinski definition) is 4. The van der Waals surface area contributed by atoms with Crippen molar-refractivity contribution in [1.29, 1.82) is 0 Å². The zero-order valence-corrected chi connectivity index (χ0v) is 18.5. The summed E-state index contributed by atoms with van der Waals surface area (Å²) in [6.07, 6.45) is 6.11. The van der Waals surface area contributed by atoms with Crippen LogP contribution in [0.5, 0.6) is 5.75 Å². The first-order valence-electron chi connectivity index (χ1n) is 10.8. The monoisotopic (exact) mass is 456 g/mol. The van der Waals surface area contributed by atoms with E-state index in [-0.39, 0.29) is 23.6 Å². The Hall–Kier alpha value is -3.36. The quantitative estimate of drug-likeness (QED) is 0.545. The van der Waals surface area contributed by atoms with Crippen LogP contribution in [0.15, 0.2) is 24.5 Å². The molecule has 0 radical (unpaired) electrons. The molecule has 1 fully saturated rings. The van der Waals surface area contributed by atoms with Crippen molar-refractivity contribution in [2.45, 2.75) is 44.7 Å². The molecule has 33 heavy (non-hydrogen) atoms. The average molecular weight is 456 g/mol. The highest BCUT2D eigenvalue weighted by atomic mass is 19.2. The van der Waals surface area contributed by atoms with Crippen molar-refractivity contribution in [3.8, 4) is 17.0 Å². The Morgan fingerprint density at radius 3 is 2.58 bits per heavy atom. The number of pyridine rings is 1. The largest absolute Gasteiger partial charge is 0.495 e. The van der Waals surface area contributed by atoms with E-state index in [0.29, 0.717) is 23.4 Å². The second kappa shape index (κ2) is 7.90. The Morgan fingerprint density at radius 1 is 1.15 bits per heavy atom. The van der Waals surface area contributed by atoms with E-state index in [1.165, 1.54) is 7.11 Å². The fourth-order valence-electron chi connectivity index (χ4n) is 5.27. The number of ether oxygens (including phenoxy) is 1. The molecule has 0 N–H and O–H groups in total. The highest BCUT2D eigenvalue weighted by Gasteiger charge is 2.44. The lowest BCUT2D eigenvalue weighted by Gasteiger charge is -2.45. The Bertz CT molecular complexity index is 1250. The second-order valence-electron chi connectivity index (χ2n) is 8.62. The smallest absolute Gasteiger partial charge is 0.256 e. The molecule has 9 heteroatoms. The molecule has 6 nitrogen and oxygen atoms in total. The first kappa shape index (κ1) is 21.5. The van der Waals surface area contributed by atoms with E-state index in [1.54, 1.807) is 24.1 Å². The summed E-state index contributed by atoms with van der Waals surface area (Å²) in [6.45, 7) is 1.83. The standard InChI is InChI=1S/C24H23F3N4O2/c1-12-16(10-28-11-20(12)33-3)24(32)31-14-5-4-6-19(31)22-15(9-14)23(30(2)29-22)13-7-17(25)21(27)18(26)8-13/h7-8,10-11,14,19H,4-6,9H2,1-3H3/t14?,19-/m0/s1. The van der Waals surface area contributed by atoms with Crippen LogP contribution in [0.4, 0.5) is 13.2 Å². The lowest BCUT2D eigenvalue weighted by atomic mass is 9.81. The van der Waals surface area contributed by atoms with Gasteiger partial charge in [-0.2, -0.15) is 5.10 Å². The molecule has 1 saturated heterocycles. The zero-order valence-electron chi connectivity index (χ0n) is 18.5. The number of aryl methyl sites for hydroxylation is 1. The van der Waals surface area contributed by atoms with E-state index in [9.17, 15) is 18.0 Å². The topological polar surface area (TPSA) is 60.2 Å². The molecular formula is C24H23F3N4O2. The van der Waals surface area contributed by atoms with E-state index in [4.69, 9.17) is 4.74 Å². The van der Waals surface area contributed by atoms with Crippen LogP contribution in [0.2, 0.25) is 0 Å². The number of rotatable bonds is 3. The van der Waals surface area contributed by atoms with Crippen LogP contribution in [0.25, 0.3) is 11.3 Å². The van der Waals surface area contributed by atoms with Gasteiger partial charge in [0.1, 0.15) is 5.75 Å². The number of piperidine rings is 1. The fourth-order valence-corrected chi connectivity index (χ4v) is 5.27. The van der Waals surface area contributed by atoms with Gasteiger partial charge in [-0.05, 0) is 44.7 Å². The molecule has 2 atom stereocenters. The van der Waals surface area contributed by atoms with Gasteiger partial charge < -0.3 is 9.64 Å². The Balaban J connectivity index is 1.59.